The van der Waals surface area contributed by atoms with E-state index in [1.165, 1.54) is 29.2 Å². The fourth-order valence-corrected chi connectivity index (χ4v) is 3.72. The summed E-state index contributed by atoms with van der Waals surface area (Å²) >= 11 is 6.87. The first-order chi connectivity index (χ1) is 11.8. The van der Waals surface area contributed by atoms with Crippen molar-refractivity contribution >= 4 is 56.2 Å². The number of rotatable bonds is 3. The van der Waals surface area contributed by atoms with Crippen LogP contribution < -0.4 is 10.0 Å². The molecule has 0 spiro atoms. The molecule has 0 saturated carbocycles. The van der Waals surface area contributed by atoms with E-state index in [1.54, 1.807) is 30.3 Å². The zero-order valence-corrected chi connectivity index (χ0v) is 15.0. The van der Waals surface area contributed by atoms with Crippen molar-refractivity contribution in [3.05, 3.63) is 64.0 Å². The summed E-state index contributed by atoms with van der Waals surface area (Å²) in [6.07, 6.45) is 1.68. The number of benzene rings is 2. The molecule has 0 aromatic heterocycles. The van der Waals surface area contributed by atoms with Crippen molar-refractivity contribution in [1.82, 2.24) is 0 Å². The van der Waals surface area contributed by atoms with Crippen LogP contribution in [-0.2, 0) is 14.8 Å². The molecule has 25 heavy (non-hydrogen) atoms. The number of sulfonamides is 1. The van der Waals surface area contributed by atoms with Crippen LogP contribution in [-0.4, -0.2) is 19.5 Å². The number of amidine groups is 1. The number of nitrogens with one attached hydrogen (secondary N) is 1. The molecule has 2 aromatic rings. The Balaban J connectivity index is 1.90. The highest BCUT2D eigenvalue weighted by atomic mass is 35.5. The third kappa shape index (κ3) is 3.77. The van der Waals surface area contributed by atoms with Crippen LogP contribution in [0, 0.1) is 5.41 Å². The SMILES string of the molecule is N=C1S/C(=C\c2ccc(Cl)cc2)C(=O)N1c1ccc(S(N)(=O)=O)cc1. The Labute approximate surface area is 153 Å². The Morgan fingerprint density at radius 1 is 1.08 bits per heavy atom. The highest BCUT2D eigenvalue weighted by Crippen LogP contribution is 2.35. The number of hydrogen-bond acceptors (Lipinski definition) is 5. The molecule has 0 radical (unpaired) electrons. The molecular weight excluding hydrogens is 382 g/mol. The van der Waals surface area contributed by atoms with Gasteiger partial charge in [-0.15, -0.1) is 0 Å². The van der Waals surface area contributed by atoms with Crippen molar-refractivity contribution in [3.8, 4) is 0 Å². The Morgan fingerprint density at radius 3 is 2.24 bits per heavy atom. The van der Waals surface area contributed by atoms with E-state index >= 15 is 0 Å². The van der Waals surface area contributed by atoms with Gasteiger partial charge in [-0.25, -0.2) is 13.6 Å². The van der Waals surface area contributed by atoms with Gasteiger partial charge in [0.05, 0.1) is 15.5 Å². The van der Waals surface area contributed by atoms with Gasteiger partial charge in [0, 0.05) is 5.02 Å². The first kappa shape index (κ1) is 17.7. The van der Waals surface area contributed by atoms with Gasteiger partial charge in [0.15, 0.2) is 5.17 Å². The van der Waals surface area contributed by atoms with E-state index in [1.807, 2.05) is 0 Å². The zero-order chi connectivity index (χ0) is 18.2. The number of anilines is 1. The second-order valence-corrected chi connectivity index (χ2v) is 8.18. The Morgan fingerprint density at radius 2 is 1.68 bits per heavy atom. The number of primary sulfonamides is 1. The number of amides is 1. The molecule has 1 saturated heterocycles. The van der Waals surface area contributed by atoms with Crippen molar-refractivity contribution in [3.63, 3.8) is 0 Å². The lowest BCUT2D eigenvalue weighted by Crippen LogP contribution is -2.28. The number of thioether (sulfide) groups is 1. The third-order valence-corrected chi connectivity index (χ3v) is 5.48. The Bertz CT molecular complexity index is 984. The molecule has 1 heterocycles. The Hall–Kier alpha value is -2.13. The molecule has 6 nitrogen and oxygen atoms in total. The average Bonchev–Trinajstić information content (AvgIpc) is 2.83. The smallest absolute Gasteiger partial charge is 0.271 e. The van der Waals surface area contributed by atoms with Crippen LogP contribution in [0.2, 0.25) is 5.02 Å². The third-order valence-electron chi connectivity index (χ3n) is 3.41. The lowest BCUT2D eigenvalue weighted by molar-refractivity contribution is -0.113. The van der Waals surface area contributed by atoms with Gasteiger partial charge in [-0.05, 0) is 59.8 Å². The summed E-state index contributed by atoms with van der Waals surface area (Å²) in [6, 6.07) is 12.5. The van der Waals surface area contributed by atoms with E-state index < -0.39 is 10.0 Å². The predicted molar refractivity (Wildman–Crippen MR) is 100 cm³/mol. The van der Waals surface area contributed by atoms with E-state index in [9.17, 15) is 13.2 Å². The van der Waals surface area contributed by atoms with Crippen LogP contribution in [0.4, 0.5) is 5.69 Å². The predicted octanol–water partition coefficient (Wildman–Crippen LogP) is 3.04. The molecule has 1 aliphatic rings. The summed E-state index contributed by atoms with van der Waals surface area (Å²) in [5.41, 5.74) is 1.19. The number of halogens is 1. The minimum Gasteiger partial charge on any atom is -0.278 e. The summed E-state index contributed by atoms with van der Waals surface area (Å²) in [4.78, 5) is 14.1. The van der Waals surface area contributed by atoms with Gasteiger partial charge in [-0.3, -0.25) is 15.1 Å². The fraction of sp³-hybridized carbons (Fsp3) is 0. The van der Waals surface area contributed by atoms with Gasteiger partial charge in [-0.1, -0.05) is 23.7 Å². The molecule has 2 aromatic carbocycles. The van der Waals surface area contributed by atoms with Crippen LogP contribution in [0.3, 0.4) is 0 Å². The molecule has 0 unspecified atom stereocenters. The lowest BCUT2D eigenvalue weighted by atomic mass is 10.2. The standard InChI is InChI=1S/C16H12ClN3O3S2/c17-11-3-1-10(2-4-11)9-14-15(21)20(16(18)24-14)12-5-7-13(8-6-12)25(19,22)23/h1-9,18H,(H2,19,22,23)/b14-9-,18-16?. The number of carbonyl (C=O) groups is 1. The van der Waals surface area contributed by atoms with Gasteiger partial charge in [0.1, 0.15) is 0 Å². The first-order valence-electron chi connectivity index (χ1n) is 6.97. The monoisotopic (exact) mass is 393 g/mol. The normalized spacial score (nSPS) is 16.7. The molecule has 1 fully saturated rings. The zero-order valence-electron chi connectivity index (χ0n) is 12.6. The maximum atomic E-state index is 12.6. The maximum Gasteiger partial charge on any atom is 0.271 e. The lowest BCUT2D eigenvalue weighted by Gasteiger charge is -2.14. The molecular formula is C16H12ClN3O3S2. The van der Waals surface area contributed by atoms with Gasteiger partial charge >= 0.3 is 0 Å². The average molecular weight is 394 g/mol. The van der Waals surface area contributed by atoms with Crippen molar-refractivity contribution in [2.24, 2.45) is 5.14 Å². The summed E-state index contributed by atoms with van der Waals surface area (Å²) in [6.45, 7) is 0. The van der Waals surface area contributed by atoms with Crippen molar-refractivity contribution in [1.29, 1.82) is 5.41 Å². The Kier molecular flexibility index (Phi) is 4.70. The highest BCUT2D eigenvalue weighted by Gasteiger charge is 2.33. The number of carbonyl (C=O) groups excluding carboxylic acids is 1. The summed E-state index contributed by atoms with van der Waals surface area (Å²) in [5.74, 6) is -0.353. The van der Waals surface area contributed by atoms with Crippen LogP contribution in [0.1, 0.15) is 5.56 Å². The fourth-order valence-electron chi connectivity index (χ4n) is 2.22. The van der Waals surface area contributed by atoms with Crippen LogP contribution >= 0.6 is 23.4 Å². The van der Waals surface area contributed by atoms with E-state index in [0.29, 0.717) is 15.6 Å². The molecule has 0 bridgehead atoms. The van der Waals surface area contributed by atoms with E-state index in [-0.39, 0.29) is 16.0 Å². The van der Waals surface area contributed by atoms with Crippen LogP contribution in [0.25, 0.3) is 6.08 Å². The number of hydrogen-bond donors (Lipinski definition) is 2. The quantitative estimate of drug-likeness (QED) is 0.782. The summed E-state index contributed by atoms with van der Waals surface area (Å²) in [7, 11) is -3.81. The first-order valence-corrected chi connectivity index (χ1v) is 9.71. The molecule has 3 N–H and O–H groups in total. The van der Waals surface area contributed by atoms with Gasteiger partial charge in [0.2, 0.25) is 10.0 Å². The number of nitrogens with two attached hydrogens (primary N) is 1. The highest BCUT2D eigenvalue weighted by molar-refractivity contribution is 8.19. The van der Waals surface area contributed by atoms with Crippen molar-refractivity contribution < 1.29 is 13.2 Å². The minimum absolute atomic E-state index is 0.0357. The number of nitrogens with zero attached hydrogens (tertiary/aromatic N) is 1. The van der Waals surface area contributed by atoms with E-state index in [0.717, 1.165) is 17.3 Å². The van der Waals surface area contributed by atoms with E-state index in [4.69, 9.17) is 22.1 Å². The molecule has 3 rings (SSSR count). The summed E-state index contributed by atoms with van der Waals surface area (Å²) in [5, 5.41) is 13.7. The molecule has 128 valence electrons. The van der Waals surface area contributed by atoms with Crippen molar-refractivity contribution in [2.75, 3.05) is 4.90 Å². The molecule has 0 atom stereocenters. The van der Waals surface area contributed by atoms with Gasteiger partial charge in [-0.2, -0.15) is 0 Å². The second-order valence-electron chi connectivity index (χ2n) is 5.15. The maximum absolute atomic E-state index is 12.6. The molecule has 9 heteroatoms. The summed E-state index contributed by atoms with van der Waals surface area (Å²) < 4.78 is 22.6. The van der Waals surface area contributed by atoms with Gasteiger partial charge in [0.25, 0.3) is 5.91 Å². The topological polar surface area (TPSA) is 104 Å². The van der Waals surface area contributed by atoms with Crippen molar-refractivity contribution in [2.45, 2.75) is 4.90 Å². The minimum atomic E-state index is -3.81. The van der Waals surface area contributed by atoms with E-state index in [2.05, 4.69) is 0 Å². The van der Waals surface area contributed by atoms with Crippen LogP contribution in [0.5, 0.6) is 0 Å². The largest absolute Gasteiger partial charge is 0.278 e. The second kappa shape index (κ2) is 6.64. The molecule has 0 aliphatic carbocycles. The van der Waals surface area contributed by atoms with Gasteiger partial charge < -0.3 is 0 Å². The molecule has 1 aliphatic heterocycles. The molecule has 1 amide bonds. The van der Waals surface area contributed by atoms with Crippen LogP contribution in [0.15, 0.2) is 58.3 Å².